The van der Waals surface area contributed by atoms with E-state index in [2.05, 4.69) is 15.4 Å². The van der Waals surface area contributed by atoms with Crippen molar-refractivity contribution in [3.63, 3.8) is 0 Å². The minimum absolute atomic E-state index is 0.0234. The van der Waals surface area contributed by atoms with Crippen molar-refractivity contribution in [2.24, 2.45) is 5.73 Å². The zero-order valence-corrected chi connectivity index (χ0v) is 9.89. The lowest BCUT2D eigenvalue weighted by atomic mass is 10.1. The lowest BCUT2D eigenvalue weighted by Gasteiger charge is -2.08. The van der Waals surface area contributed by atoms with Crippen molar-refractivity contribution >= 4 is 5.91 Å². The average molecular weight is 248 g/mol. The van der Waals surface area contributed by atoms with Gasteiger partial charge < -0.3 is 15.6 Å². The van der Waals surface area contributed by atoms with Gasteiger partial charge >= 0.3 is 0 Å². The Kier molecular flexibility index (Phi) is 2.88. The number of aryl methyl sites for hydroxylation is 1. The van der Waals surface area contributed by atoms with Gasteiger partial charge in [-0.15, -0.1) is 0 Å². The summed E-state index contributed by atoms with van der Waals surface area (Å²) >= 11 is 0. The van der Waals surface area contributed by atoms with E-state index in [0.717, 1.165) is 5.56 Å². The SMILES string of the molecule is COc1cc(-c2n[nH]nc2C(N)=O)c(O)cc1C. The lowest BCUT2D eigenvalue weighted by Crippen LogP contribution is -2.12. The second kappa shape index (κ2) is 4.36. The number of nitrogens with two attached hydrogens (primary N) is 1. The summed E-state index contributed by atoms with van der Waals surface area (Å²) in [6.45, 7) is 1.79. The molecule has 0 aliphatic carbocycles. The quantitative estimate of drug-likeness (QED) is 0.735. The molecule has 18 heavy (non-hydrogen) atoms. The predicted octanol–water partition coefficient (Wildman–Crippen LogP) is 0.593. The van der Waals surface area contributed by atoms with Gasteiger partial charge in [-0.1, -0.05) is 0 Å². The molecule has 0 saturated heterocycles. The Morgan fingerprint density at radius 1 is 1.44 bits per heavy atom. The number of phenols is 1. The van der Waals surface area contributed by atoms with E-state index in [1.807, 2.05) is 0 Å². The minimum atomic E-state index is -0.724. The number of carbonyl (C=O) groups excluding carboxylic acids is 1. The summed E-state index contributed by atoms with van der Waals surface area (Å²) in [6.07, 6.45) is 0. The summed E-state index contributed by atoms with van der Waals surface area (Å²) in [5, 5.41) is 19.7. The molecule has 2 aromatic rings. The molecule has 0 aliphatic heterocycles. The Hall–Kier alpha value is -2.57. The molecular formula is C11H12N4O3. The first-order chi connectivity index (χ1) is 8.54. The Morgan fingerprint density at radius 2 is 2.17 bits per heavy atom. The molecule has 7 nitrogen and oxygen atoms in total. The van der Waals surface area contributed by atoms with Gasteiger partial charge in [0.25, 0.3) is 5.91 Å². The summed E-state index contributed by atoms with van der Waals surface area (Å²) in [5.74, 6) is -0.177. The summed E-state index contributed by atoms with van der Waals surface area (Å²) in [4.78, 5) is 11.2. The van der Waals surface area contributed by atoms with E-state index < -0.39 is 5.91 Å². The third kappa shape index (κ3) is 1.86. The number of rotatable bonds is 3. The first kappa shape index (κ1) is 11.9. The summed E-state index contributed by atoms with van der Waals surface area (Å²) in [5.41, 5.74) is 6.43. The van der Waals surface area contributed by atoms with Crippen molar-refractivity contribution in [2.75, 3.05) is 7.11 Å². The minimum Gasteiger partial charge on any atom is -0.507 e. The van der Waals surface area contributed by atoms with E-state index in [0.29, 0.717) is 11.3 Å². The van der Waals surface area contributed by atoms with Crippen LogP contribution in [-0.4, -0.2) is 33.5 Å². The molecule has 94 valence electrons. The van der Waals surface area contributed by atoms with Crippen LogP contribution in [0.4, 0.5) is 0 Å². The fourth-order valence-corrected chi connectivity index (χ4v) is 1.67. The monoisotopic (exact) mass is 248 g/mol. The molecule has 0 radical (unpaired) electrons. The molecular weight excluding hydrogens is 236 g/mol. The van der Waals surface area contributed by atoms with Gasteiger partial charge in [-0.05, 0) is 24.6 Å². The number of phenolic OH excluding ortho intramolecular Hbond substituents is 1. The lowest BCUT2D eigenvalue weighted by molar-refractivity contribution is 0.0996. The largest absolute Gasteiger partial charge is 0.507 e. The van der Waals surface area contributed by atoms with Crippen LogP contribution in [0.5, 0.6) is 11.5 Å². The van der Waals surface area contributed by atoms with Crippen LogP contribution in [0.3, 0.4) is 0 Å². The third-order valence-corrected chi connectivity index (χ3v) is 2.55. The number of methoxy groups -OCH3 is 1. The highest BCUT2D eigenvalue weighted by Crippen LogP contribution is 2.34. The number of hydrogen-bond donors (Lipinski definition) is 3. The van der Waals surface area contributed by atoms with E-state index in [1.165, 1.54) is 13.2 Å². The van der Waals surface area contributed by atoms with Crippen LogP contribution in [0.15, 0.2) is 12.1 Å². The molecule has 1 aromatic heterocycles. The molecule has 1 amide bonds. The van der Waals surface area contributed by atoms with Gasteiger partial charge in [0, 0.05) is 0 Å². The van der Waals surface area contributed by atoms with Crippen LogP contribution in [-0.2, 0) is 0 Å². The normalized spacial score (nSPS) is 10.3. The van der Waals surface area contributed by atoms with Gasteiger partial charge in [0.15, 0.2) is 5.69 Å². The predicted molar refractivity (Wildman–Crippen MR) is 63.3 cm³/mol. The smallest absolute Gasteiger partial charge is 0.271 e. The number of ether oxygens (including phenoxy) is 1. The Labute approximate surface area is 103 Å². The number of primary amides is 1. The van der Waals surface area contributed by atoms with Crippen molar-refractivity contribution in [2.45, 2.75) is 6.92 Å². The number of nitrogens with zero attached hydrogens (tertiary/aromatic N) is 2. The second-order valence-electron chi connectivity index (χ2n) is 3.72. The Balaban J connectivity index is 2.63. The van der Waals surface area contributed by atoms with E-state index in [-0.39, 0.29) is 17.1 Å². The maximum atomic E-state index is 11.2. The highest BCUT2D eigenvalue weighted by molar-refractivity contribution is 5.97. The van der Waals surface area contributed by atoms with E-state index in [9.17, 15) is 9.90 Å². The number of aromatic hydroxyl groups is 1. The zero-order chi connectivity index (χ0) is 13.3. The molecule has 0 unspecified atom stereocenters. The van der Waals surface area contributed by atoms with Gasteiger partial charge in [-0.3, -0.25) is 4.79 Å². The number of H-pyrrole nitrogens is 1. The number of aromatic nitrogens is 3. The number of aromatic amines is 1. The molecule has 0 aliphatic rings. The van der Waals surface area contributed by atoms with E-state index in [4.69, 9.17) is 10.5 Å². The van der Waals surface area contributed by atoms with Crippen molar-refractivity contribution in [3.8, 4) is 22.8 Å². The molecule has 4 N–H and O–H groups in total. The summed E-state index contributed by atoms with van der Waals surface area (Å²) < 4.78 is 5.15. The molecule has 0 saturated carbocycles. The first-order valence-electron chi connectivity index (χ1n) is 5.13. The van der Waals surface area contributed by atoms with Crippen molar-refractivity contribution < 1.29 is 14.6 Å². The maximum absolute atomic E-state index is 11.2. The van der Waals surface area contributed by atoms with Gasteiger partial charge in [0.2, 0.25) is 0 Å². The summed E-state index contributed by atoms with van der Waals surface area (Å²) in [6, 6.07) is 3.10. The van der Waals surface area contributed by atoms with Gasteiger partial charge in [0.1, 0.15) is 17.2 Å². The van der Waals surface area contributed by atoms with Crippen LogP contribution in [0, 0.1) is 6.92 Å². The second-order valence-corrected chi connectivity index (χ2v) is 3.72. The molecule has 1 heterocycles. The number of hydrogen-bond acceptors (Lipinski definition) is 5. The van der Waals surface area contributed by atoms with Crippen LogP contribution < -0.4 is 10.5 Å². The van der Waals surface area contributed by atoms with Gasteiger partial charge in [-0.25, -0.2) is 0 Å². The first-order valence-corrected chi connectivity index (χ1v) is 5.13. The number of amides is 1. The molecule has 7 heteroatoms. The number of nitrogens with one attached hydrogen (secondary N) is 1. The molecule has 1 aromatic carbocycles. The maximum Gasteiger partial charge on any atom is 0.271 e. The number of carbonyl (C=O) groups is 1. The zero-order valence-electron chi connectivity index (χ0n) is 9.89. The molecule has 0 spiro atoms. The standard InChI is InChI=1S/C11H12N4O3/c1-5-3-7(16)6(4-8(5)18-2)9-10(11(12)17)14-15-13-9/h3-4,16H,1-2H3,(H2,12,17)(H,13,14,15). The molecule has 0 fully saturated rings. The van der Waals surface area contributed by atoms with E-state index in [1.54, 1.807) is 13.0 Å². The van der Waals surface area contributed by atoms with Gasteiger partial charge in [-0.2, -0.15) is 15.4 Å². The summed E-state index contributed by atoms with van der Waals surface area (Å²) in [7, 11) is 1.51. The van der Waals surface area contributed by atoms with Crippen LogP contribution >= 0.6 is 0 Å². The highest BCUT2D eigenvalue weighted by Gasteiger charge is 2.19. The molecule has 0 atom stereocenters. The average Bonchev–Trinajstić information content (AvgIpc) is 2.78. The highest BCUT2D eigenvalue weighted by atomic mass is 16.5. The van der Waals surface area contributed by atoms with Crippen LogP contribution in [0.2, 0.25) is 0 Å². The van der Waals surface area contributed by atoms with Crippen molar-refractivity contribution in [3.05, 3.63) is 23.4 Å². The number of benzene rings is 1. The third-order valence-electron chi connectivity index (χ3n) is 2.55. The van der Waals surface area contributed by atoms with Crippen molar-refractivity contribution in [1.82, 2.24) is 15.4 Å². The van der Waals surface area contributed by atoms with Crippen molar-refractivity contribution in [1.29, 1.82) is 0 Å². The topological polar surface area (TPSA) is 114 Å². The molecule has 2 rings (SSSR count). The Bertz CT molecular complexity index is 606. The van der Waals surface area contributed by atoms with Gasteiger partial charge in [0.05, 0.1) is 12.7 Å². The molecule has 0 bridgehead atoms. The van der Waals surface area contributed by atoms with Crippen LogP contribution in [0.25, 0.3) is 11.3 Å². The van der Waals surface area contributed by atoms with Crippen LogP contribution in [0.1, 0.15) is 16.1 Å². The van der Waals surface area contributed by atoms with E-state index >= 15 is 0 Å². The Morgan fingerprint density at radius 3 is 2.78 bits per heavy atom. The fraction of sp³-hybridized carbons (Fsp3) is 0.182. The fourth-order valence-electron chi connectivity index (χ4n) is 1.67.